The molecule has 4 fully saturated rings. The van der Waals surface area contributed by atoms with Crippen molar-refractivity contribution in [3.8, 4) is 39.1 Å². The van der Waals surface area contributed by atoms with E-state index in [1.807, 2.05) is 0 Å². The SMILES string of the molecule is c1ccc(-c2cccc(-n3c4ccccc4c4ccc(-c5cccc6c5-c5ccccc5C65C6CC7CC(C6)CC5C7)cc43)c2)cc1. The summed E-state index contributed by atoms with van der Waals surface area (Å²) in [6.45, 7) is 0. The maximum Gasteiger partial charge on any atom is 0.0547 e. The third-order valence-corrected chi connectivity index (χ3v) is 12.8. The second kappa shape index (κ2) is 9.58. The molecule has 47 heavy (non-hydrogen) atoms. The van der Waals surface area contributed by atoms with E-state index in [1.54, 1.807) is 11.1 Å². The molecule has 4 saturated carbocycles. The molecule has 0 saturated heterocycles. The van der Waals surface area contributed by atoms with Crippen molar-refractivity contribution in [3.05, 3.63) is 151 Å². The first-order valence-corrected chi connectivity index (χ1v) is 17.7. The average molecular weight is 604 g/mol. The highest BCUT2D eigenvalue weighted by Gasteiger charge is 2.61. The number of rotatable bonds is 3. The number of aromatic nitrogens is 1. The van der Waals surface area contributed by atoms with Crippen LogP contribution in [-0.2, 0) is 5.41 Å². The maximum absolute atomic E-state index is 2.52. The highest BCUT2D eigenvalue weighted by atomic mass is 15.0. The molecule has 1 nitrogen and oxygen atoms in total. The van der Waals surface area contributed by atoms with Gasteiger partial charge >= 0.3 is 0 Å². The molecule has 0 atom stereocenters. The highest BCUT2D eigenvalue weighted by molar-refractivity contribution is 6.10. The summed E-state index contributed by atoms with van der Waals surface area (Å²) < 4.78 is 2.48. The van der Waals surface area contributed by atoms with Crippen LogP contribution in [0.4, 0.5) is 0 Å². The Morgan fingerprint density at radius 3 is 1.96 bits per heavy atom. The summed E-state index contributed by atoms with van der Waals surface area (Å²) in [5.41, 5.74) is 15.3. The minimum absolute atomic E-state index is 0.187. The van der Waals surface area contributed by atoms with Crippen molar-refractivity contribution in [1.29, 1.82) is 0 Å². The minimum atomic E-state index is 0.187. The van der Waals surface area contributed by atoms with Gasteiger partial charge in [0.05, 0.1) is 11.0 Å². The zero-order valence-electron chi connectivity index (χ0n) is 26.6. The molecule has 5 aliphatic carbocycles. The van der Waals surface area contributed by atoms with Crippen LogP contribution < -0.4 is 0 Å². The lowest BCUT2D eigenvalue weighted by Crippen LogP contribution is -2.55. The van der Waals surface area contributed by atoms with Crippen LogP contribution in [0.3, 0.4) is 0 Å². The molecule has 1 heterocycles. The summed E-state index contributed by atoms with van der Waals surface area (Å²) >= 11 is 0. The molecule has 226 valence electrons. The van der Waals surface area contributed by atoms with Gasteiger partial charge < -0.3 is 4.57 Å². The molecule has 5 aliphatic rings. The average Bonchev–Trinajstić information content (AvgIpc) is 3.61. The summed E-state index contributed by atoms with van der Waals surface area (Å²) in [6.07, 6.45) is 7.15. The van der Waals surface area contributed by atoms with Gasteiger partial charge in [-0.1, -0.05) is 115 Å². The lowest BCUT2D eigenvalue weighted by Gasteiger charge is -2.61. The molecule has 6 aromatic carbocycles. The summed E-state index contributed by atoms with van der Waals surface area (Å²) in [7, 11) is 0. The fourth-order valence-electron chi connectivity index (χ4n) is 11.3. The smallest absolute Gasteiger partial charge is 0.0547 e. The van der Waals surface area contributed by atoms with Gasteiger partial charge in [-0.05, 0) is 125 Å². The van der Waals surface area contributed by atoms with E-state index in [-0.39, 0.29) is 5.41 Å². The van der Waals surface area contributed by atoms with E-state index in [2.05, 4.69) is 144 Å². The Kier molecular flexibility index (Phi) is 5.34. The second-order valence-electron chi connectivity index (χ2n) is 14.9. The zero-order chi connectivity index (χ0) is 30.7. The van der Waals surface area contributed by atoms with Crippen LogP contribution in [-0.4, -0.2) is 4.57 Å². The van der Waals surface area contributed by atoms with Crippen LogP contribution in [0.1, 0.15) is 43.2 Å². The van der Waals surface area contributed by atoms with Gasteiger partial charge in [0.25, 0.3) is 0 Å². The van der Waals surface area contributed by atoms with Crippen LogP contribution >= 0.6 is 0 Å². The molecular formula is C46H37N. The molecular weight excluding hydrogens is 567 g/mol. The quantitative estimate of drug-likeness (QED) is 0.189. The normalized spacial score (nSPS) is 25.1. The molecule has 0 radical (unpaired) electrons. The fourth-order valence-corrected chi connectivity index (χ4v) is 11.3. The van der Waals surface area contributed by atoms with E-state index in [4.69, 9.17) is 0 Å². The van der Waals surface area contributed by atoms with Crippen LogP contribution in [0.2, 0.25) is 0 Å². The van der Waals surface area contributed by atoms with Gasteiger partial charge in [-0.2, -0.15) is 0 Å². The molecule has 0 aliphatic heterocycles. The first-order valence-electron chi connectivity index (χ1n) is 17.7. The summed E-state index contributed by atoms with van der Waals surface area (Å²) in [5, 5.41) is 2.61. The standard InChI is InChI=1S/C46H37N/c1-2-10-31(11-3-1)32-12-8-13-36(27-32)47-43-19-7-5-14-38(43)39-21-20-33(28-44(39)47)37-16-9-18-42-45(37)40-15-4-6-17-41(40)46(42)34-23-29-22-30(25-34)26-35(46)24-29/h1-21,27-30,34-35H,22-26H2. The molecule has 12 rings (SSSR count). The summed E-state index contributed by atoms with van der Waals surface area (Å²) in [6, 6.07) is 52.7. The number of benzene rings is 6. The molecule has 7 aromatic rings. The third kappa shape index (κ3) is 3.50. The third-order valence-electron chi connectivity index (χ3n) is 12.8. The monoisotopic (exact) mass is 603 g/mol. The van der Waals surface area contributed by atoms with E-state index in [0.717, 1.165) is 23.7 Å². The van der Waals surface area contributed by atoms with Crippen molar-refractivity contribution in [2.45, 2.75) is 37.5 Å². The van der Waals surface area contributed by atoms with Gasteiger partial charge in [0, 0.05) is 21.9 Å². The predicted octanol–water partition coefficient (Wildman–Crippen LogP) is 11.8. The van der Waals surface area contributed by atoms with Crippen LogP contribution in [0.5, 0.6) is 0 Å². The number of hydrogen-bond acceptors (Lipinski definition) is 0. The Bertz CT molecular complexity index is 2340. The lowest BCUT2D eigenvalue weighted by molar-refractivity contribution is -0.0399. The zero-order valence-corrected chi connectivity index (χ0v) is 26.6. The molecule has 1 spiro atoms. The van der Waals surface area contributed by atoms with Gasteiger partial charge in [0.15, 0.2) is 0 Å². The van der Waals surface area contributed by atoms with E-state index >= 15 is 0 Å². The Labute approximate surface area is 276 Å². The van der Waals surface area contributed by atoms with E-state index < -0.39 is 0 Å². The van der Waals surface area contributed by atoms with Crippen LogP contribution in [0, 0.1) is 23.7 Å². The van der Waals surface area contributed by atoms with Crippen molar-refractivity contribution in [1.82, 2.24) is 4.57 Å². The van der Waals surface area contributed by atoms with Gasteiger partial charge in [-0.25, -0.2) is 0 Å². The Morgan fingerprint density at radius 1 is 0.447 bits per heavy atom. The Morgan fingerprint density at radius 2 is 1.11 bits per heavy atom. The van der Waals surface area contributed by atoms with Crippen molar-refractivity contribution in [2.75, 3.05) is 0 Å². The predicted molar refractivity (Wildman–Crippen MR) is 195 cm³/mol. The second-order valence-corrected chi connectivity index (χ2v) is 14.9. The first kappa shape index (κ1) is 26.2. The largest absolute Gasteiger partial charge is 0.309 e. The number of hydrogen-bond donors (Lipinski definition) is 0. The van der Waals surface area contributed by atoms with Crippen LogP contribution in [0.25, 0.3) is 60.9 Å². The molecule has 1 heteroatoms. The van der Waals surface area contributed by atoms with E-state index in [0.29, 0.717) is 0 Å². The molecule has 0 amide bonds. The molecule has 1 aromatic heterocycles. The van der Waals surface area contributed by atoms with Crippen molar-refractivity contribution < 1.29 is 0 Å². The molecule has 0 N–H and O–H groups in total. The summed E-state index contributed by atoms with van der Waals surface area (Å²) in [5.74, 6) is 3.45. The number of fused-ring (bicyclic) bond motifs is 6. The molecule has 4 bridgehead atoms. The maximum atomic E-state index is 2.52. The highest BCUT2D eigenvalue weighted by Crippen LogP contribution is 2.70. The number of nitrogens with zero attached hydrogens (tertiary/aromatic N) is 1. The van der Waals surface area contributed by atoms with Crippen molar-refractivity contribution >= 4 is 21.8 Å². The Balaban J connectivity index is 1.14. The first-order chi connectivity index (χ1) is 23.3. The van der Waals surface area contributed by atoms with Gasteiger partial charge in [0.2, 0.25) is 0 Å². The summed E-state index contributed by atoms with van der Waals surface area (Å²) in [4.78, 5) is 0. The van der Waals surface area contributed by atoms with Crippen molar-refractivity contribution in [2.24, 2.45) is 23.7 Å². The fraction of sp³-hybridized carbons (Fsp3) is 0.217. The van der Waals surface area contributed by atoms with E-state index in [1.165, 1.54) is 93.0 Å². The minimum Gasteiger partial charge on any atom is -0.309 e. The van der Waals surface area contributed by atoms with Gasteiger partial charge in [0.1, 0.15) is 0 Å². The molecule has 0 unspecified atom stereocenters. The van der Waals surface area contributed by atoms with Gasteiger partial charge in [-0.15, -0.1) is 0 Å². The lowest BCUT2D eigenvalue weighted by atomic mass is 9.43. The number of para-hydroxylation sites is 1. The van der Waals surface area contributed by atoms with Crippen LogP contribution in [0.15, 0.2) is 140 Å². The Hall–Kier alpha value is -4.88. The topological polar surface area (TPSA) is 4.93 Å². The van der Waals surface area contributed by atoms with Crippen molar-refractivity contribution in [3.63, 3.8) is 0 Å². The van der Waals surface area contributed by atoms with E-state index in [9.17, 15) is 0 Å². The van der Waals surface area contributed by atoms with Gasteiger partial charge in [-0.3, -0.25) is 0 Å².